The number of non-ortho nitro benzene ring substituents is 1. The first-order chi connectivity index (χ1) is 9.10. The number of amides is 1. The molecule has 0 bridgehead atoms. The lowest BCUT2D eigenvalue weighted by molar-refractivity contribution is -0.384. The van der Waals surface area contributed by atoms with Crippen LogP contribution < -0.4 is 5.32 Å². The average Bonchev–Trinajstić information content (AvgIpc) is 2.70. The van der Waals surface area contributed by atoms with E-state index in [-0.39, 0.29) is 17.3 Å². The summed E-state index contributed by atoms with van der Waals surface area (Å²) in [6, 6.07) is 6.07. The fourth-order valence-electron chi connectivity index (χ4n) is 1.54. The molecule has 1 aromatic carbocycles. The number of hydrogen-bond donors (Lipinski definition) is 1. The summed E-state index contributed by atoms with van der Waals surface area (Å²) in [5.74, 6) is 0.519. The molecule has 0 aromatic heterocycles. The number of nitrogens with zero attached hydrogens (tertiary/aromatic N) is 2. The summed E-state index contributed by atoms with van der Waals surface area (Å²) in [7, 11) is 0. The Morgan fingerprint density at radius 3 is 3.00 bits per heavy atom. The van der Waals surface area contributed by atoms with Crippen LogP contribution in [0.1, 0.15) is 12.5 Å². The summed E-state index contributed by atoms with van der Waals surface area (Å²) in [6.07, 6.45) is 1.53. The first-order valence-electron chi connectivity index (χ1n) is 5.59. The molecule has 7 heteroatoms. The first kappa shape index (κ1) is 13.3. The smallest absolute Gasteiger partial charge is 0.275 e. The van der Waals surface area contributed by atoms with Gasteiger partial charge in [-0.3, -0.25) is 20.2 Å². The van der Waals surface area contributed by atoms with Crippen molar-refractivity contribution in [3.05, 3.63) is 45.6 Å². The highest BCUT2D eigenvalue weighted by Crippen LogP contribution is 2.19. The minimum Gasteiger partial charge on any atom is -0.300 e. The minimum absolute atomic E-state index is 0.0140. The Morgan fingerprint density at radius 1 is 1.53 bits per heavy atom. The van der Waals surface area contributed by atoms with E-state index in [4.69, 9.17) is 0 Å². The summed E-state index contributed by atoms with van der Waals surface area (Å²) in [6.45, 7) is 1.96. The molecule has 0 saturated carbocycles. The van der Waals surface area contributed by atoms with Gasteiger partial charge < -0.3 is 0 Å². The van der Waals surface area contributed by atoms with Gasteiger partial charge in [-0.05, 0) is 17.4 Å². The maximum atomic E-state index is 11.6. The maximum Gasteiger partial charge on any atom is 0.275 e. The van der Waals surface area contributed by atoms with Gasteiger partial charge in [0.2, 0.25) is 0 Å². The molecule has 6 nitrogen and oxygen atoms in total. The van der Waals surface area contributed by atoms with Crippen molar-refractivity contribution in [2.75, 3.05) is 5.75 Å². The van der Waals surface area contributed by atoms with Gasteiger partial charge in [-0.1, -0.05) is 30.8 Å². The standard InChI is InChI=1S/C12H11N3O3S/c1-2-19-12-13-10(11(16)14-12)7-8-4-3-5-9(6-8)15(17)18/h3-7H,2H2,1H3,(H,13,14,16)/b10-7+. The Labute approximate surface area is 113 Å². The van der Waals surface area contributed by atoms with E-state index in [0.717, 1.165) is 5.75 Å². The summed E-state index contributed by atoms with van der Waals surface area (Å²) in [5, 5.41) is 13.9. The quantitative estimate of drug-likeness (QED) is 0.521. The van der Waals surface area contributed by atoms with Gasteiger partial charge in [0.25, 0.3) is 11.6 Å². The molecule has 1 aliphatic heterocycles. The number of nitro groups is 1. The number of carbonyl (C=O) groups is 1. The number of thioether (sulfide) groups is 1. The van der Waals surface area contributed by atoms with Gasteiger partial charge in [-0.2, -0.15) is 0 Å². The fraction of sp³-hybridized carbons (Fsp3) is 0.167. The first-order valence-corrected chi connectivity index (χ1v) is 6.57. The number of amidine groups is 1. The Balaban J connectivity index is 2.28. The lowest BCUT2D eigenvalue weighted by Gasteiger charge is -1.95. The maximum absolute atomic E-state index is 11.6. The second kappa shape index (κ2) is 5.66. The van der Waals surface area contributed by atoms with E-state index in [0.29, 0.717) is 10.7 Å². The highest BCUT2D eigenvalue weighted by atomic mass is 32.2. The van der Waals surface area contributed by atoms with E-state index in [1.54, 1.807) is 12.1 Å². The third-order valence-electron chi connectivity index (χ3n) is 2.34. The SMILES string of the molecule is CCSC1=N/C(=C/c2cccc([N+](=O)[O-])c2)C(=O)N1. The number of rotatable bonds is 3. The highest BCUT2D eigenvalue weighted by Gasteiger charge is 2.19. The van der Waals surface area contributed by atoms with Crippen LogP contribution in [0.3, 0.4) is 0 Å². The molecule has 0 atom stereocenters. The number of nitro benzene ring substituents is 1. The largest absolute Gasteiger partial charge is 0.300 e. The second-order valence-electron chi connectivity index (χ2n) is 3.69. The molecule has 1 aliphatic rings. The number of benzene rings is 1. The van der Waals surface area contributed by atoms with Crippen LogP contribution in [0.25, 0.3) is 6.08 Å². The Bertz CT molecular complexity index is 596. The molecule has 0 spiro atoms. The van der Waals surface area contributed by atoms with E-state index >= 15 is 0 Å². The Morgan fingerprint density at radius 2 is 2.32 bits per heavy atom. The number of carbonyl (C=O) groups excluding carboxylic acids is 1. The summed E-state index contributed by atoms with van der Waals surface area (Å²) < 4.78 is 0. The van der Waals surface area contributed by atoms with Crippen LogP contribution in [0.15, 0.2) is 35.0 Å². The molecule has 0 radical (unpaired) electrons. The zero-order valence-electron chi connectivity index (χ0n) is 10.1. The third kappa shape index (κ3) is 3.19. The molecule has 98 valence electrons. The van der Waals surface area contributed by atoms with Crippen molar-refractivity contribution < 1.29 is 9.72 Å². The normalized spacial score (nSPS) is 16.4. The van der Waals surface area contributed by atoms with Gasteiger partial charge in [0, 0.05) is 12.1 Å². The minimum atomic E-state index is -0.474. The molecule has 0 unspecified atom stereocenters. The average molecular weight is 277 g/mol. The van der Waals surface area contributed by atoms with Gasteiger partial charge in [0.1, 0.15) is 5.70 Å². The molecule has 1 heterocycles. The molecular formula is C12H11N3O3S. The Hall–Kier alpha value is -2.15. The lowest BCUT2D eigenvalue weighted by atomic mass is 10.1. The predicted molar refractivity (Wildman–Crippen MR) is 74.8 cm³/mol. The highest BCUT2D eigenvalue weighted by molar-refractivity contribution is 8.13. The zero-order valence-corrected chi connectivity index (χ0v) is 10.9. The van der Waals surface area contributed by atoms with Crippen molar-refractivity contribution in [2.24, 2.45) is 4.99 Å². The molecule has 19 heavy (non-hydrogen) atoms. The monoisotopic (exact) mass is 277 g/mol. The van der Waals surface area contributed by atoms with Gasteiger partial charge in [0.05, 0.1) is 4.92 Å². The van der Waals surface area contributed by atoms with Crippen LogP contribution in [0.5, 0.6) is 0 Å². The molecule has 1 amide bonds. The zero-order chi connectivity index (χ0) is 13.8. The predicted octanol–water partition coefficient (Wildman–Crippen LogP) is 2.17. The van der Waals surface area contributed by atoms with Gasteiger partial charge >= 0.3 is 0 Å². The molecular weight excluding hydrogens is 266 g/mol. The van der Waals surface area contributed by atoms with Crippen LogP contribution in [0.2, 0.25) is 0 Å². The van der Waals surface area contributed by atoms with Crippen molar-refractivity contribution in [3.8, 4) is 0 Å². The van der Waals surface area contributed by atoms with E-state index in [1.165, 1.54) is 30.0 Å². The van der Waals surface area contributed by atoms with Gasteiger partial charge in [-0.15, -0.1) is 0 Å². The second-order valence-corrected chi connectivity index (χ2v) is 4.94. The third-order valence-corrected chi connectivity index (χ3v) is 3.10. The van der Waals surface area contributed by atoms with Gasteiger partial charge in [0.15, 0.2) is 5.17 Å². The molecule has 0 fully saturated rings. The fourth-order valence-corrected chi connectivity index (χ4v) is 2.14. The van der Waals surface area contributed by atoms with Crippen LogP contribution in [0.4, 0.5) is 5.69 Å². The number of hydrogen-bond acceptors (Lipinski definition) is 5. The van der Waals surface area contributed by atoms with Crippen molar-refractivity contribution in [3.63, 3.8) is 0 Å². The van der Waals surface area contributed by atoms with Crippen molar-refractivity contribution in [2.45, 2.75) is 6.92 Å². The van der Waals surface area contributed by atoms with E-state index in [1.807, 2.05) is 6.92 Å². The number of aliphatic imine (C=N–C) groups is 1. The summed E-state index contributed by atoms with van der Waals surface area (Å²) in [5.41, 5.74) is 0.821. The van der Waals surface area contributed by atoms with Crippen LogP contribution in [0, 0.1) is 10.1 Å². The van der Waals surface area contributed by atoms with Crippen molar-refractivity contribution in [1.82, 2.24) is 5.32 Å². The van der Waals surface area contributed by atoms with E-state index in [9.17, 15) is 14.9 Å². The lowest BCUT2D eigenvalue weighted by Crippen LogP contribution is -2.21. The number of nitrogens with one attached hydrogen (secondary N) is 1. The van der Waals surface area contributed by atoms with E-state index < -0.39 is 4.92 Å². The molecule has 0 aliphatic carbocycles. The van der Waals surface area contributed by atoms with Crippen LogP contribution in [-0.4, -0.2) is 21.8 Å². The molecule has 2 rings (SSSR count). The van der Waals surface area contributed by atoms with Gasteiger partial charge in [-0.25, -0.2) is 4.99 Å². The van der Waals surface area contributed by atoms with E-state index in [2.05, 4.69) is 10.3 Å². The molecule has 1 N–H and O–H groups in total. The Kier molecular flexibility index (Phi) is 3.96. The molecule has 0 saturated heterocycles. The van der Waals surface area contributed by atoms with Crippen LogP contribution >= 0.6 is 11.8 Å². The van der Waals surface area contributed by atoms with Crippen LogP contribution in [-0.2, 0) is 4.79 Å². The summed E-state index contributed by atoms with van der Waals surface area (Å²) in [4.78, 5) is 26.0. The van der Waals surface area contributed by atoms with Crippen molar-refractivity contribution >= 4 is 34.6 Å². The topological polar surface area (TPSA) is 84.6 Å². The molecule has 1 aromatic rings. The summed E-state index contributed by atoms with van der Waals surface area (Å²) >= 11 is 1.43. The van der Waals surface area contributed by atoms with Crippen molar-refractivity contribution in [1.29, 1.82) is 0 Å².